The molecule has 17 heavy (non-hydrogen) atoms. The summed E-state index contributed by atoms with van der Waals surface area (Å²) < 4.78 is 24.4. The van der Waals surface area contributed by atoms with Crippen molar-refractivity contribution in [2.75, 3.05) is 0 Å². The molecule has 1 aromatic rings. The van der Waals surface area contributed by atoms with Gasteiger partial charge in [-0.05, 0) is 25.0 Å². The van der Waals surface area contributed by atoms with Gasteiger partial charge in [0.05, 0.1) is 15.9 Å². The number of rotatable bonds is 2. The topological polar surface area (TPSA) is 74.6 Å². The van der Waals surface area contributed by atoms with E-state index in [1.165, 1.54) is 18.2 Å². The van der Waals surface area contributed by atoms with Crippen LogP contribution >= 0.6 is 0 Å². The molecule has 1 aliphatic carbocycles. The van der Waals surface area contributed by atoms with Crippen molar-refractivity contribution < 1.29 is 18.6 Å². The predicted molar refractivity (Wildman–Crippen MR) is 63.0 cm³/mol. The van der Waals surface area contributed by atoms with E-state index in [-0.39, 0.29) is 9.80 Å². The first kappa shape index (κ1) is 12.3. The molecule has 0 radical (unpaired) electrons. The smallest absolute Gasteiger partial charge is 0.205 e. The Balaban J connectivity index is 2.44. The average molecular weight is 254 g/mol. The van der Waals surface area contributed by atoms with Gasteiger partial charge in [0.25, 0.3) is 0 Å². The van der Waals surface area contributed by atoms with Gasteiger partial charge < -0.3 is 10.2 Å². The number of benzene rings is 1. The molecule has 92 valence electrons. The zero-order chi connectivity index (χ0) is 12.5. The van der Waals surface area contributed by atoms with Gasteiger partial charge in [0.1, 0.15) is 6.10 Å². The van der Waals surface area contributed by atoms with Gasteiger partial charge in [-0.2, -0.15) is 0 Å². The lowest BCUT2D eigenvalue weighted by Gasteiger charge is -2.24. The zero-order valence-corrected chi connectivity index (χ0v) is 9.97. The Kier molecular flexibility index (Phi) is 3.33. The van der Waals surface area contributed by atoms with Gasteiger partial charge in [0.2, 0.25) is 9.84 Å². The van der Waals surface area contributed by atoms with Crippen LogP contribution in [-0.4, -0.2) is 30.8 Å². The van der Waals surface area contributed by atoms with Crippen LogP contribution in [0.5, 0.6) is 0 Å². The van der Waals surface area contributed by atoms with Crippen molar-refractivity contribution in [3.63, 3.8) is 0 Å². The lowest BCUT2D eigenvalue weighted by molar-refractivity contribution is 0.0358. The van der Waals surface area contributed by atoms with E-state index >= 15 is 0 Å². The summed E-state index contributed by atoms with van der Waals surface area (Å²) >= 11 is 0. The summed E-state index contributed by atoms with van der Waals surface area (Å²) in [6, 6.07) is 7.92. The van der Waals surface area contributed by atoms with Gasteiger partial charge >= 0.3 is 0 Å². The fourth-order valence-corrected chi connectivity index (χ4v) is 3.47. The fraction of sp³-hybridized carbons (Fsp3) is 0.333. The maximum atomic E-state index is 12.2. The fourth-order valence-electron chi connectivity index (χ4n) is 1.87. The third-order valence-corrected chi connectivity index (χ3v) is 4.75. The van der Waals surface area contributed by atoms with Gasteiger partial charge in [-0.1, -0.05) is 24.3 Å². The number of sulfone groups is 1. The molecule has 0 aromatic heterocycles. The lowest BCUT2D eigenvalue weighted by atomic mass is 10.0. The van der Waals surface area contributed by atoms with Crippen LogP contribution in [0.25, 0.3) is 0 Å². The molecule has 0 amide bonds. The summed E-state index contributed by atoms with van der Waals surface area (Å²) in [5.41, 5.74) is 0. The SMILES string of the molecule is O=S(=O)(C1=CCC[C@H](O)[C@H]1O)c1ccccc1. The van der Waals surface area contributed by atoms with E-state index in [0.29, 0.717) is 12.8 Å². The van der Waals surface area contributed by atoms with Crippen LogP contribution in [0, 0.1) is 0 Å². The zero-order valence-electron chi connectivity index (χ0n) is 9.15. The third kappa shape index (κ3) is 2.26. The molecular formula is C12H14O4S. The molecule has 1 aliphatic rings. The highest BCUT2D eigenvalue weighted by molar-refractivity contribution is 7.95. The van der Waals surface area contributed by atoms with Crippen LogP contribution in [0.2, 0.25) is 0 Å². The second-order valence-corrected chi connectivity index (χ2v) is 5.96. The van der Waals surface area contributed by atoms with E-state index in [9.17, 15) is 18.6 Å². The van der Waals surface area contributed by atoms with Gasteiger partial charge in [-0.25, -0.2) is 8.42 Å². The number of hydrogen-bond donors (Lipinski definition) is 2. The van der Waals surface area contributed by atoms with Gasteiger partial charge in [-0.3, -0.25) is 0 Å². The monoisotopic (exact) mass is 254 g/mol. The largest absolute Gasteiger partial charge is 0.390 e. The summed E-state index contributed by atoms with van der Waals surface area (Å²) in [6.07, 6.45) is -0.00337. The average Bonchev–Trinajstić information content (AvgIpc) is 2.33. The molecule has 4 nitrogen and oxygen atoms in total. The van der Waals surface area contributed by atoms with Crippen molar-refractivity contribution in [2.45, 2.75) is 29.9 Å². The van der Waals surface area contributed by atoms with Crippen LogP contribution in [0.3, 0.4) is 0 Å². The van der Waals surface area contributed by atoms with Gasteiger partial charge in [0.15, 0.2) is 0 Å². The van der Waals surface area contributed by atoms with Crippen LogP contribution in [0.15, 0.2) is 46.2 Å². The number of aliphatic hydroxyl groups is 2. The first-order valence-corrected chi connectivity index (χ1v) is 6.88. The molecule has 0 saturated heterocycles. The van der Waals surface area contributed by atoms with Crippen molar-refractivity contribution >= 4 is 9.84 Å². The first-order valence-electron chi connectivity index (χ1n) is 5.40. The Morgan fingerprint density at radius 2 is 1.76 bits per heavy atom. The molecule has 2 rings (SSSR count). The van der Waals surface area contributed by atoms with Crippen LogP contribution < -0.4 is 0 Å². The molecular weight excluding hydrogens is 240 g/mol. The Morgan fingerprint density at radius 3 is 2.41 bits per heavy atom. The molecule has 0 spiro atoms. The van der Waals surface area contributed by atoms with Crippen LogP contribution in [0.4, 0.5) is 0 Å². The summed E-state index contributed by atoms with van der Waals surface area (Å²) in [5, 5.41) is 19.2. The Morgan fingerprint density at radius 1 is 1.12 bits per heavy atom. The molecule has 0 aliphatic heterocycles. The third-order valence-electron chi connectivity index (χ3n) is 2.83. The highest BCUT2D eigenvalue weighted by Gasteiger charge is 2.33. The van der Waals surface area contributed by atoms with Crippen molar-refractivity contribution in [1.29, 1.82) is 0 Å². The van der Waals surface area contributed by atoms with Gasteiger partial charge in [-0.15, -0.1) is 0 Å². The Labute approximate surface area is 100 Å². The highest BCUT2D eigenvalue weighted by atomic mass is 32.2. The van der Waals surface area contributed by atoms with E-state index in [2.05, 4.69) is 0 Å². The summed E-state index contributed by atoms with van der Waals surface area (Å²) in [5.74, 6) is 0. The number of hydrogen-bond acceptors (Lipinski definition) is 4. The van der Waals surface area contributed by atoms with E-state index in [1.54, 1.807) is 18.2 Å². The lowest BCUT2D eigenvalue weighted by Crippen LogP contribution is -2.33. The molecule has 0 bridgehead atoms. The minimum absolute atomic E-state index is 0.0950. The number of aliphatic hydroxyl groups excluding tert-OH is 2. The van der Waals surface area contributed by atoms with E-state index in [1.807, 2.05) is 0 Å². The second kappa shape index (κ2) is 4.60. The first-order chi connectivity index (χ1) is 8.03. The number of allylic oxidation sites excluding steroid dienone is 1. The van der Waals surface area contributed by atoms with Crippen LogP contribution in [0.1, 0.15) is 12.8 Å². The van der Waals surface area contributed by atoms with E-state index in [4.69, 9.17) is 0 Å². The summed E-state index contributed by atoms with van der Waals surface area (Å²) in [4.78, 5) is 0.0434. The van der Waals surface area contributed by atoms with Crippen molar-refractivity contribution in [3.8, 4) is 0 Å². The predicted octanol–water partition coefficient (Wildman–Crippen LogP) is 0.860. The van der Waals surface area contributed by atoms with Crippen molar-refractivity contribution in [3.05, 3.63) is 41.3 Å². The quantitative estimate of drug-likeness (QED) is 0.821. The molecule has 0 saturated carbocycles. The minimum atomic E-state index is -3.69. The van der Waals surface area contributed by atoms with E-state index in [0.717, 1.165) is 0 Å². The van der Waals surface area contributed by atoms with Crippen molar-refractivity contribution in [1.82, 2.24) is 0 Å². The molecule has 2 N–H and O–H groups in total. The van der Waals surface area contributed by atoms with Crippen molar-refractivity contribution in [2.24, 2.45) is 0 Å². The molecule has 1 aromatic carbocycles. The maximum absolute atomic E-state index is 12.2. The molecule has 2 atom stereocenters. The van der Waals surface area contributed by atoms with Crippen LogP contribution in [-0.2, 0) is 9.84 Å². The molecule has 0 fully saturated rings. The summed E-state index contributed by atoms with van der Waals surface area (Å²) in [7, 11) is -3.69. The normalized spacial score (nSPS) is 25.4. The highest BCUT2D eigenvalue weighted by Crippen LogP contribution is 2.28. The maximum Gasteiger partial charge on any atom is 0.205 e. The molecule has 0 heterocycles. The summed E-state index contributed by atoms with van der Waals surface area (Å²) in [6.45, 7) is 0. The second-order valence-electron chi connectivity index (χ2n) is 4.01. The molecule has 5 heteroatoms. The standard InChI is InChI=1S/C12H14O4S/c13-10-7-4-8-11(12(10)14)17(15,16)9-5-2-1-3-6-9/h1-3,5-6,8,10,12-14H,4,7H2/t10-,12+/m0/s1. The molecule has 0 unspecified atom stereocenters. The Bertz CT molecular complexity index is 519. The Hall–Kier alpha value is -1.17. The van der Waals surface area contributed by atoms with E-state index < -0.39 is 22.0 Å². The minimum Gasteiger partial charge on any atom is -0.390 e. The van der Waals surface area contributed by atoms with Gasteiger partial charge in [0, 0.05) is 0 Å².